The Labute approximate surface area is 98.9 Å². The predicted octanol–water partition coefficient (Wildman–Crippen LogP) is 2.07. The minimum atomic E-state index is 0.922. The summed E-state index contributed by atoms with van der Waals surface area (Å²) < 4.78 is 0. The summed E-state index contributed by atoms with van der Waals surface area (Å²) >= 11 is 0. The van der Waals surface area contributed by atoms with E-state index >= 15 is 0 Å². The summed E-state index contributed by atoms with van der Waals surface area (Å²) in [5.74, 6) is 0.922. The van der Waals surface area contributed by atoms with Crippen LogP contribution in [0.15, 0.2) is 30.3 Å². The number of likely N-dealkylation sites (tertiary alicyclic amines) is 1. The molecule has 1 aromatic carbocycles. The van der Waals surface area contributed by atoms with Crippen molar-refractivity contribution in [2.24, 2.45) is 5.92 Å². The van der Waals surface area contributed by atoms with Crippen molar-refractivity contribution in [3.63, 3.8) is 0 Å². The first kappa shape index (κ1) is 11.6. The van der Waals surface area contributed by atoms with Crippen LogP contribution in [0.2, 0.25) is 0 Å². The van der Waals surface area contributed by atoms with Crippen LogP contribution in [-0.4, -0.2) is 43.5 Å². The summed E-state index contributed by atoms with van der Waals surface area (Å²) in [6.07, 6.45) is 1.35. The molecule has 1 fully saturated rings. The van der Waals surface area contributed by atoms with E-state index in [1.807, 2.05) is 0 Å². The highest BCUT2D eigenvalue weighted by atomic mass is 15.2. The second kappa shape index (κ2) is 5.46. The Balaban J connectivity index is 1.65. The number of hydrogen-bond donors (Lipinski definition) is 0. The van der Waals surface area contributed by atoms with Gasteiger partial charge in [-0.2, -0.15) is 0 Å². The molecular formula is C14H22N2. The molecule has 88 valence electrons. The zero-order chi connectivity index (χ0) is 11.4. The second-order valence-electron chi connectivity index (χ2n) is 5.14. The van der Waals surface area contributed by atoms with E-state index in [4.69, 9.17) is 0 Å². The zero-order valence-corrected chi connectivity index (χ0v) is 10.4. The molecule has 2 heteroatoms. The normalized spacial score (nSPS) is 17.7. The average Bonchev–Trinajstić information content (AvgIpc) is 2.22. The van der Waals surface area contributed by atoms with Gasteiger partial charge >= 0.3 is 0 Å². The van der Waals surface area contributed by atoms with Gasteiger partial charge < -0.3 is 4.90 Å². The first-order valence-corrected chi connectivity index (χ1v) is 6.15. The lowest BCUT2D eigenvalue weighted by molar-refractivity contribution is 0.0810. The minimum absolute atomic E-state index is 0.922. The smallest absolute Gasteiger partial charge is 0.0233 e. The van der Waals surface area contributed by atoms with Gasteiger partial charge in [0.1, 0.15) is 0 Å². The largest absolute Gasteiger partial charge is 0.309 e. The lowest BCUT2D eigenvalue weighted by atomic mass is 9.95. The average molecular weight is 218 g/mol. The van der Waals surface area contributed by atoms with E-state index in [2.05, 4.69) is 54.2 Å². The maximum absolute atomic E-state index is 2.54. The van der Waals surface area contributed by atoms with E-state index < -0.39 is 0 Å². The zero-order valence-electron chi connectivity index (χ0n) is 10.4. The standard InChI is InChI=1S/C14H22N2/c1-15(2)9-8-14-11-16(12-14)10-13-6-4-3-5-7-13/h3-7,14H,8-12H2,1-2H3. The summed E-state index contributed by atoms with van der Waals surface area (Å²) in [6.45, 7) is 4.91. The van der Waals surface area contributed by atoms with E-state index in [-0.39, 0.29) is 0 Å². The van der Waals surface area contributed by atoms with Gasteiger partial charge in [0, 0.05) is 19.6 Å². The molecule has 0 N–H and O–H groups in total. The highest BCUT2D eigenvalue weighted by Crippen LogP contribution is 2.21. The molecule has 1 aliphatic heterocycles. The lowest BCUT2D eigenvalue weighted by Gasteiger charge is -2.39. The Morgan fingerprint density at radius 2 is 1.88 bits per heavy atom. The maximum atomic E-state index is 2.54. The SMILES string of the molecule is CN(C)CCC1CN(Cc2ccccc2)C1. The van der Waals surface area contributed by atoms with Crippen LogP contribution in [0.1, 0.15) is 12.0 Å². The van der Waals surface area contributed by atoms with E-state index in [1.165, 1.54) is 31.6 Å². The van der Waals surface area contributed by atoms with Crippen LogP contribution in [0.3, 0.4) is 0 Å². The van der Waals surface area contributed by atoms with Gasteiger partial charge in [-0.25, -0.2) is 0 Å². The molecule has 0 unspecified atom stereocenters. The fraction of sp³-hybridized carbons (Fsp3) is 0.571. The first-order chi connectivity index (χ1) is 7.74. The topological polar surface area (TPSA) is 6.48 Å². The third kappa shape index (κ3) is 3.32. The van der Waals surface area contributed by atoms with Gasteiger partial charge in [-0.1, -0.05) is 30.3 Å². The lowest BCUT2D eigenvalue weighted by Crippen LogP contribution is -2.46. The number of hydrogen-bond acceptors (Lipinski definition) is 2. The minimum Gasteiger partial charge on any atom is -0.309 e. The number of rotatable bonds is 5. The van der Waals surface area contributed by atoms with E-state index in [0.717, 1.165) is 12.5 Å². The molecule has 0 aromatic heterocycles. The van der Waals surface area contributed by atoms with Crippen molar-refractivity contribution in [3.05, 3.63) is 35.9 Å². The van der Waals surface area contributed by atoms with Crippen molar-refractivity contribution >= 4 is 0 Å². The van der Waals surface area contributed by atoms with Gasteiger partial charge in [-0.15, -0.1) is 0 Å². The number of nitrogens with zero attached hydrogens (tertiary/aromatic N) is 2. The Kier molecular flexibility index (Phi) is 3.97. The van der Waals surface area contributed by atoms with Crippen LogP contribution in [0, 0.1) is 5.92 Å². The van der Waals surface area contributed by atoms with Crippen LogP contribution < -0.4 is 0 Å². The summed E-state index contributed by atoms with van der Waals surface area (Å²) in [6, 6.07) is 10.8. The molecule has 16 heavy (non-hydrogen) atoms. The molecule has 0 saturated carbocycles. The second-order valence-corrected chi connectivity index (χ2v) is 5.14. The molecule has 0 atom stereocenters. The molecule has 0 bridgehead atoms. The van der Waals surface area contributed by atoms with E-state index in [1.54, 1.807) is 0 Å². The van der Waals surface area contributed by atoms with Gasteiger partial charge in [0.05, 0.1) is 0 Å². The first-order valence-electron chi connectivity index (χ1n) is 6.15. The van der Waals surface area contributed by atoms with E-state index in [9.17, 15) is 0 Å². The molecule has 2 nitrogen and oxygen atoms in total. The van der Waals surface area contributed by atoms with Gasteiger partial charge in [-0.3, -0.25) is 4.90 Å². The van der Waals surface area contributed by atoms with Crippen LogP contribution in [0.4, 0.5) is 0 Å². The molecule has 0 amide bonds. The molecule has 1 aliphatic rings. The Bertz CT molecular complexity index is 302. The summed E-state index contributed by atoms with van der Waals surface area (Å²) in [7, 11) is 4.31. The van der Waals surface area contributed by atoms with Crippen molar-refractivity contribution in [1.82, 2.24) is 9.80 Å². The number of benzene rings is 1. The van der Waals surface area contributed by atoms with Gasteiger partial charge in [0.15, 0.2) is 0 Å². The van der Waals surface area contributed by atoms with Crippen LogP contribution in [-0.2, 0) is 6.54 Å². The fourth-order valence-electron chi connectivity index (χ4n) is 2.27. The summed E-state index contributed by atoms with van der Waals surface area (Å²) in [5, 5.41) is 0. The predicted molar refractivity (Wildman–Crippen MR) is 68.4 cm³/mol. The molecule has 0 spiro atoms. The monoisotopic (exact) mass is 218 g/mol. The molecule has 1 heterocycles. The van der Waals surface area contributed by atoms with Gasteiger partial charge in [0.25, 0.3) is 0 Å². The summed E-state index contributed by atoms with van der Waals surface area (Å²) in [4.78, 5) is 4.81. The Hall–Kier alpha value is -0.860. The summed E-state index contributed by atoms with van der Waals surface area (Å²) in [5.41, 5.74) is 1.44. The van der Waals surface area contributed by atoms with Crippen molar-refractivity contribution in [1.29, 1.82) is 0 Å². The van der Waals surface area contributed by atoms with Crippen molar-refractivity contribution in [2.45, 2.75) is 13.0 Å². The molecular weight excluding hydrogens is 196 g/mol. The molecule has 1 aromatic rings. The van der Waals surface area contributed by atoms with Crippen LogP contribution in [0.5, 0.6) is 0 Å². The molecule has 2 rings (SSSR count). The van der Waals surface area contributed by atoms with Gasteiger partial charge in [0.2, 0.25) is 0 Å². The molecule has 0 aliphatic carbocycles. The Morgan fingerprint density at radius 1 is 1.19 bits per heavy atom. The van der Waals surface area contributed by atoms with Crippen LogP contribution >= 0.6 is 0 Å². The van der Waals surface area contributed by atoms with Gasteiger partial charge in [-0.05, 0) is 38.5 Å². The van der Waals surface area contributed by atoms with Crippen molar-refractivity contribution < 1.29 is 0 Å². The van der Waals surface area contributed by atoms with Crippen molar-refractivity contribution in [3.8, 4) is 0 Å². The fourth-order valence-corrected chi connectivity index (χ4v) is 2.27. The highest BCUT2D eigenvalue weighted by Gasteiger charge is 2.25. The highest BCUT2D eigenvalue weighted by molar-refractivity contribution is 5.14. The Morgan fingerprint density at radius 3 is 2.50 bits per heavy atom. The maximum Gasteiger partial charge on any atom is 0.0233 e. The van der Waals surface area contributed by atoms with Crippen molar-refractivity contribution in [2.75, 3.05) is 33.7 Å². The molecule has 1 saturated heterocycles. The third-order valence-electron chi connectivity index (χ3n) is 3.27. The third-order valence-corrected chi connectivity index (χ3v) is 3.27. The van der Waals surface area contributed by atoms with Crippen LogP contribution in [0.25, 0.3) is 0 Å². The van der Waals surface area contributed by atoms with E-state index in [0.29, 0.717) is 0 Å². The molecule has 0 radical (unpaired) electrons. The quantitative estimate of drug-likeness (QED) is 0.746.